The first-order valence-electron chi connectivity index (χ1n) is 6.87. The van der Waals surface area contributed by atoms with Gasteiger partial charge in [-0.1, -0.05) is 36.4 Å². The second-order valence-corrected chi connectivity index (χ2v) is 4.89. The van der Waals surface area contributed by atoms with Crippen molar-refractivity contribution in [1.29, 1.82) is 0 Å². The largest absolute Gasteiger partial charge is 0.338 e. The molecule has 3 heteroatoms. The van der Waals surface area contributed by atoms with Crippen LogP contribution in [0.25, 0.3) is 21.8 Å². The zero-order valence-corrected chi connectivity index (χ0v) is 11.3. The fourth-order valence-corrected chi connectivity index (χ4v) is 2.48. The molecule has 2 aromatic heterocycles. The summed E-state index contributed by atoms with van der Waals surface area (Å²) in [5.74, 6) is 0.826. The molecule has 0 amide bonds. The van der Waals surface area contributed by atoms with Crippen LogP contribution in [0.4, 0.5) is 11.5 Å². The Morgan fingerprint density at radius 2 is 1.57 bits per heavy atom. The standard InChI is InChI=1S/C18H13N3/c1-2-8-15-13(5-1)10-11-17(20-15)21-16-9-3-6-14-7-4-12-19-18(14)16/h1-12H,(H,20,21). The lowest BCUT2D eigenvalue weighted by Gasteiger charge is -2.09. The van der Waals surface area contributed by atoms with Crippen LogP contribution in [0.3, 0.4) is 0 Å². The number of para-hydroxylation sites is 2. The molecule has 0 aliphatic rings. The van der Waals surface area contributed by atoms with E-state index in [1.54, 1.807) is 6.20 Å². The van der Waals surface area contributed by atoms with Crippen LogP contribution in [0.5, 0.6) is 0 Å². The van der Waals surface area contributed by atoms with Crippen LogP contribution in [-0.2, 0) is 0 Å². The smallest absolute Gasteiger partial charge is 0.131 e. The third-order valence-corrected chi connectivity index (χ3v) is 3.49. The lowest BCUT2D eigenvalue weighted by molar-refractivity contribution is 1.36. The number of hydrogen-bond acceptors (Lipinski definition) is 3. The monoisotopic (exact) mass is 271 g/mol. The Balaban J connectivity index is 1.79. The number of benzene rings is 2. The van der Waals surface area contributed by atoms with E-state index in [2.05, 4.69) is 39.6 Å². The molecule has 100 valence electrons. The molecule has 0 fully saturated rings. The minimum Gasteiger partial charge on any atom is -0.338 e. The molecule has 4 aromatic rings. The summed E-state index contributed by atoms with van der Waals surface area (Å²) in [5, 5.41) is 5.62. The molecule has 3 nitrogen and oxygen atoms in total. The number of rotatable bonds is 2. The highest BCUT2D eigenvalue weighted by molar-refractivity contribution is 5.92. The number of hydrogen-bond donors (Lipinski definition) is 1. The van der Waals surface area contributed by atoms with E-state index in [0.717, 1.165) is 33.3 Å². The molecule has 0 aliphatic carbocycles. The predicted octanol–water partition coefficient (Wildman–Crippen LogP) is 4.53. The van der Waals surface area contributed by atoms with Crippen LogP contribution in [0.2, 0.25) is 0 Å². The first-order chi connectivity index (χ1) is 10.4. The van der Waals surface area contributed by atoms with E-state index in [-0.39, 0.29) is 0 Å². The maximum absolute atomic E-state index is 4.64. The Kier molecular flexibility index (Phi) is 2.75. The highest BCUT2D eigenvalue weighted by Gasteiger charge is 2.03. The van der Waals surface area contributed by atoms with Crippen LogP contribution in [0.1, 0.15) is 0 Å². The maximum Gasteiger partial charge on any atom is 0.131 e. The van der Waals surface area contributed by atoms with Gasteiger partial charge in [0.15, 0.2) is 0 Å². The maximum atomic E-state index is 4.64. The van der Waals surface area contributed by atoms with Crippen molar-refractivity contribution in [2.75, 3.05) is 5.32 Å². The number of fused-ring (bicyclic) bond motifs is 2. The molecule has 0 saturated heterocycles. The van der Waals surface area contributed by atoms with E-state index in [0.29, 0.717) is 0 Å². The summed E-state index contributed by atoms with van der Waals surface area (Å²) < 4.78 is 0. The third-order valence-electron chi connectivity index (χ3n) is 3.49. The van der Waals surface area contributed by atoms with E-state index in [9.17, 15) is 0 Å². The van der Waals surface area contributed by atoms with Gasteiger partial charge in [-0.3, -0.25) is 4.98 Å². The number of nitrogens with zero attached hydrogens (tertiary/aromatic N) is 2. The van der Waals surface area contributed by atoms with E-state index >= 15 is 0 Å². The zero-order chi connectivity index (χ0) is 14.1. The first kappa shape index (κ1) is 11.9. The average molecular weight is 271 g/mol. The Bertz CT molecular complexity index is 926. The van der Waals surface area contributed by atoms with Gasteiger partial charge >= 0.3 is 0 Å². The van der Waals surface area contributed by atoms with Gasteiger partial charge in [-0.25, -0.2) is 4.98 Å². The minimum atomic E-state index is 0.826. The highest BCUT2D eigenvalue weighted by atomic mass is 15.0. The van der Waals surface area contributed by atoms with Gasteiger partial charge < -0.3 is 5.32 Å². The molecule has 0 aliphatic heterocycles. The lowest BCUT2D eigenvalue weighted by atomic mass is 10.2. The van der Waals surface area contributed by atoms with Gasteiger partial charge in [0.05, 0.1) is 16.7 Å². The van der Waals surface area contributed by atoms with Crippen molar-refractivity contribution in [2.24, 2.45) is 0 Å². The van der Waals surface area contributed by atoms with Gasteiger partial charge in [0.2, 0.25) is 0 Å². The van der Waals surface area contributed by atoms with Crippen molar-refractivity contribution in [3.05, 3.63) is 72.9 Å². The van der Waals surface area contributed by atoms with Gasteiger partial charge in [-0.05, 0) is 30.3 Å². The summed E-state index contributed by atoms with van der Waals surface area (Å²) in [5.41, 5.74) is 2.90. The summed E-state index contributed by atoms with van der Waals surface area (Å²) >= 11 is 0. The molecular weight excluding hydrogens is 258 g/mol. The van der Waals surface area contributed by atoms with Crippen molar-refractivity contribution >= 4 is 33.3 Å². The molecule has 2 heterocycles. The zero-order valence-electron chi connectivity index (χ0n) is 11.3. The fourth-order valence-electron chi connectivity index (χ4n) is 2.48. The molecule has 21 heavy (non-hydrogen) atoms. The second kappa shape index (κ2) is 4.87. The first-order valence-corrected chi connectivity index (χ1v) is 6.87. The molecule has 0 atom stereocenters. The van der Waals surface area contributed by atoms with Crippen molar-refractivity contribution in [1.82, 2.24) is 9.97 Å². The van der Waals surface area contributed by atoms with E-state index < -0.39 is 0 Å². The van der Waals surface area contributed by atoms with Crippen molar-refractivity contribution in [2.45, 2.75) is 0 Å². The van der Waals surface area contributed by atoms with Gasteiger partial charge in [0.25, 0.3) is 0 Å². The molecule has 2 aromatic carbocycles. The van der Waals surface area contributed by atoms with Crippen LogP contribution in [-0.4, -0.2) is 9.97 Å². The fraction of sp³-hybridized carbons (Fsp3) is 0. The van der Waals surface area contributed by atoms with E-state index in [1.165, 1.54) is 0 Å². The van der Waals surface area contributed by atoms with Crippen LogP contribution < -0.4 is 5.32 Å². The Labute approximate surface area is 122 Å². The number of pyridine rings is 2. The van der Waals surface area contributed by atoms with Crippen LogP contribution in [0.15, 0.2) is 72.9 Å². The summed E-state index contributed by atoms with van der Waals surface area (Å²) in [6.45, 7) is 0. The highest BCUT2D eigenvalue weighted by Crippen LogP contribution is 2.24. The molecule has 0 bridgehead atoms. The van der Waals surface area contributed by atoms with Gasteiger partial charge in [0.1, 0.15) is 5.82 Å². The summed E-state index contributed by atoms with van der Waals surface area (Å²) in [6.07, 6.45) is 1.81. The normalized spacial score (nSPS) is 10.9. The summed E-state index contributed by atoms with van der Waals surface area (Å²) in [4.78, 5) is 9.09. The Morgan fingerprint density at radius 1 is 0.714 bits per heavy atom. The quantitative estimate of drug-likeness (QED) is 0.582. The number of nitrogens with one attached hydrogen (secondary N) is 1. The second-order valence-electron chi connectivity index (χ2n) is 4.89. The SMILES string of the molecule is c1ccc2nc(Nc3cccc4cccnc34)ccc2c1. The molecular formula is C18H13N3. The lowest BCUT2D eigenvalue weighted by Crippen LogP contribution is -1.95. The summed E-state index contributed by atoms with van der Waals surface area (Å²) in [6, 6.07) is 22.3. The van der Waals surface area contributed by atoms with Crippen LogP contribution in [0, 0.1) is 0 Å². The van der Waals surface area contributed by atoms with E-state index in [4.69, 9.17) is 0 Å². The molecule has 0 radical (unpaired) electrons. The molecule has 0 saturated carbocycles. The number of aromatic nitrogens is 2. The van der Waals surface area contributed by atoms with Gasteiger partial charge in [0, 0.05) is 17.0 Å². The third kappa shape index (κ3) is 2.19. The van der Waals surface area contributed by atoms with Crippen LogP contribution >= 0.6 is 0 Å². The molecule has 0 spiro atoms. The Hall–Kier alpha value is -2.94. The topological polar surface area (TPSA) is 37.8 Å². The van der Waals surface area contributed by atoms with Crippen molar-refractivity contribution in [3.63, 3.8) is 0 Å². The predicted molar refractivity (Wildman–Crippen MR) is 86.8 cm³/mol. The number of anilines is 2. The summed E-state index contributed by atoms with van der Waals surface area (Å²) in [7, 11) is 0. The van der Waals surface area contributed by atoms with Gasteiger partial charge in [-0.2, -0.15) is 0 Å². The molecule has 0 unspecified atom stereocenters. The van der Waals surface area contributed by atoms with Crippen molar-refractivity contribution < 1.29 is 0 Å². The molecule has 1 N–H and O–H groups in total. The van der Waals surface area contributed by atoms with Crippen molar-refractivity contribution in [3.8, 4) is 0 Å². The average Bonchev–Trinajstić information content (AvgIpc) is 2.55. The van der Waals surface area contributed by atoms with Gasteiger partial charge in [-0.15, -0.1) is 0 Å². The Morgan fingerprint density at radius 3 is 2.57 bits per heavy atom. The minimum absolute atomic E-state index is 0.826. The van der Waals surface area contributed by atoms with E-state index in [1.807, 2.05) is 42.5 Å². The molecule has 4 rings (SSSR count).